The van der Waals surface area contributed by atoms with E-state index < -0.39 is 12.1 Å². The Hall–Kier alpha value is -1.92. The van der Waals surface area contributed by atoms with Crippen LogP contribution in [0.3, 0.4) is 0 Å². The Morgan fingerprint density at radius 2 is 0.743 bits per heavy atom. The summed E-state index contributed by atoms with van der Waals surface area (Å²) in [6, 6.07) is -0.626. The third-order valence-corrected chi connectivity index (χ3v) is 14.4. The van der Waals surface area contributed by atoms with Gasteiger partial charge in [-0.05, 0) is 57.8 Å². The molecule has 3 N–H and O–H groups in total. The number of hydrogen-bond donors (Lipinski definition) is 3. The van der Waals surface area contributed by atoms with Crippen molar-refractivity contribution in [3.8, 4) is 0 Å². The highest BCUT2D eigenvalue weighted by Crippen LogP contribution is 2.18. The number of carbonyl (C=O) groups excluding carboxylic acids is 2. The van der Waals surface area contributed by atoms with Crippen LogP contribution in [0, 0.1) is 0 Å². The van der Waals surface area contributed by atoms with Crippen LogP contribution in [-0.2, 0) is 14.3 Å². The number of hydrogen-bond acceptors (Lipinski definition) is 5. The van der Waals surface area contributed by atoms with E-state index in [4.69, 9.17) is 4.74 Å². The molecule has 0 heterocycles. The van der Waals surface area contributed by atoms with E-state index in [1.54, 1.807) is 6.08 Å². The van der Waals surface area contributed by atoms with E-state index in [1.807, 2.05) is 6.08 Å². The van der Waals surface area contributed by atoms with E-state index >= 15 is 0 Å². The summed E-state index contributed by atoms with van der Waals surface area (Å²) in [4.78, 5) is 24.5. The van der Waals surface area contributed by atoms with Crippen molar-refractivity contribution >= 4 is 11.9 Å². The number of unbranched alkanes of at least 4 members (excludes halogenated alkanes) is 43. The highest BCUT2D eigenvalue weighted by molar-refractivity contribution is 5.76. The normalized spacial score (nSPS) is 12.8. The van der Waals surface area contributed by atoms with Gasteiger partial charge in [-0.2, -0.15) is 0 Å². The molecule has 6 heteroatoms. The fourth-order valence-electron chi connectivity index (χ4n) is 9.61. The SMILES string of the molecule is CCC/C=C\C/C=C\CCCCCCCC(=O)OCCCCCCCCCCCCCCCCCCCCCCCCCCCCC(=O)NC(CO)C(O)/C=C/CCCCCCCCCCCCCC. The zero-order valence-electron chi connectivity index (χ0n) is 47.0. The second-order valence-corrected chi connectivity index (χ2v) is 21.4. The van der Waals surface area contributed by atoms with Crippen molar-refractivity contribution in [1.29, 1.82) is 0 Å². The molecule has 0 saturated carbocycles. The fraction of sp³-hybridized carbons (Fsp3) is 0.875. The number of carbonyl (C=O) groups is 2. The van der Waals surface area contributed by atoms with Crippen LogP contribution in [-0.4, -0.2) is 47.4 Å². The van der Waals surface area contributed by atoms with Gasteiger partial charge in [0.1, 0.15) is 0 Å². The minimum atomic E-state index is -0.842. The van der Waals surface area contributed by atoms with Crippen molar-refractivity contribution in [2.24, 2.45) is 0 Å². The van der Waals surface area contributed by atoms with Crippen molar-refractivity contribution in [3.05, 3.63) is 36.5 Å². The van der Waals surface area contributed by atoms with Gasteiger partial charge in [0, 0.05) is 12.8 Å². The van der Waals surface area contributed by atoms with Crippen LogP contribution in [0.2, 0.25) is 0 Å². The molecule has 0 aliphatic heterocycles. The molecule has 0 spiro atoms. The average molecular weight is 985 g/mol. The first-order valence-electron chi connectivity index (χ1n) is 31.3. The predicted octanol–water partition coefficient (Wildman–Crippen LogP) is 19.6. The molecule has 0 aliphatic carbocycles. The molecule has 0 fully saturated rings. The van der Waals surface area contributed by atoms with Crippen LogP contribution in [0.1, 0.15) is 335 Å². The van der Waals surface area contributed by atoms with Crippen LogP contribution < -0.4 is 5.32 Å². The summed E-state index contributed by atoms with van der Waals surface area (Å²) in [5.74, 6) is -0.0635. The molecule has 0 rings (SSSR count). The molecule has 412 valence electrons. The number of nitrogens with one attached hydrogen (secondary N) is 1. The molecular formula is C64H121NO5. The van der Waals surface area contributed by atoms with Gasteiger partial charge in [0.25, 0.3) is 0 Å². The van der Waals surface area contributed by atoms with Crippen LogP contribution in [0.5, 0.6) is 0 Å². The maximum Gasteiger partial charge on any atom is 0.305 e. The lowest BCUT2D eigenvalue weighted by Crippen LogP contribution is -2.45. The summed E-state index contributed by atoms with van der Waals surface area (Å²) in [5.41, 5.74) is 0. The van der Waals surface area contributed by atoms with Crippen LogP contribution >= 0.6 is 0 Å². The van der Waals surface area contributed by atoms with Crippen molar-refractivity contribution in [3.63, 3.8) is 0 Å². The molecule has 0 aromatic heterocycles. The Kier molecular flexibility index (Phi) is 58.0. The summed E-state index contributed by atoms with van der Waals surface area (Å²) < 4.78 is 5.47. The Labute approximate surface area is 436 Å². The molecule has 0 aromatic rings. The van der Waals surface area contributed by atoms with Crippen LogP contribution in [0.15, 0.2) is 36.5 Å². The summed E-state index contributed by atoms with van der Waals surface area (Å²) in [5, 5.41) is 23.1. The van der Waals surface area contributed by atoms with Crippen molar-refractivity contribution in [1.82, 2.24) is 5.32 Å². The molecule has 0 bridgehead atoms. The number of aliphatic hydroxyl groups excluding tert-OH is 2. The summed E-state index contributed by atoms with van der Waals surface area (Å²) >= 11 is 0. The van der Waals surface area contributed by atoms with Gasteiger partial charge in [0.05, 0.1) is 25.4 Å². The van der Waals surface area contributed by atoms with Crippen LogP contribution in [0.25, 0.3) is 0 Å². The lowest BCUT2D eigenvalue weighted by atomic mass is 10.0. The summed E-state index contributed by atoms with van der Waals surface area (Å²) in [6.45, 7) is 4.85. The van der Waals surface area contributed by atoms with Gasteiger partial charge in [-0.25, -0.2) is 0 Å². The standard InChI is InChI=1S/C64H121NO5/c1-3-5-7-9-11-13-15-17-33-36-40-44-48-52-56-62(67)61(60-66)65-63(68)57-53-49-45-41-37-34-30-28-26-24-22-20-18-19-21-23-25-27-29-31-35-39-43-47-51-55-59-70-64(69)58-54-50-46-42-38-32-16-14-12-10-8-6-4-2/h8,10,14,16,52,56,61-62,66-67H,3-7,9,11-13,15,17-51,53-55,57-60H2,1-2H3,(H,65,68)/b10-8-,16-14-,56-52+. The van der Waals surface area contributed by atoms with E-state index in [0.717, 1.165) is 51.4 Å². The van der Waals surface area contributed by atoms with E-state index in [2.05, 4.69) is 43.5 Å². The summed E-state index contributed by atoms with van der Waals surface area (Å²) in [6.07, 6.45) is 74.8. The lowest BCUT2D eigenvalue weighted by Gasteiger charge is -2.20. The quantitative estimate of drug-likeness (QED) is 0.0321. The Balaban J connectivity index is 3.37. The zero-order valence-corrected chi connectivity index (χ0v) is 47.0. The van der Waals surface area contributed by atoms with Crippen molar-refractivity contribution in [2.45, 2.75) is 347 Å². The maximum absolute atomic E-state index is 12.5. The maximum atomic E-state index is 12.5. The van der Waals surface area contributed by atoms with Gasteiger partial charge in [-0.15, -0.1) is 0 Å². The number of amides is 1. The Morgan fingerprint density at radius 3 is 1.14 bits per heavy atom. The molecular weight excluding hydrogens is 863 g/mol. The van der Waals surface area contributed by atoms with E-state index in [9.17, 15) is 19.8 Å². The molecule has 0 aliphatic rings. The second-order valence-electron chi connectivity index (χ2n) is 21.4. The van der Waals surface area contributed by atoms with Gasteiger partial charge in [0.15, 0.2) is 0 Å². The van der Waals surface area contributed by atoms with Crippen LogP contribution in [0.4, 0.5) is 0 Å². The highest BCUT2D eigenvalue weighted by atomic mass is 16.5. The number of esters is 1. The lowest BCUT2D eigenvalue weighted by molar-refractivity contribution is -0.143. The first-order valence-corrected chi connectivity index (χ1v) is 31.3. The highest BCUT2D eigenvalue weighted by Gasteiger charge is 2.18. The monoisotopic (exact) mass is 984 g/mol. The van der Waals surface area contributed by atoms with Gasteiger partial charge < -0.3 is 20.3 Å². The number of allylic oxidation sites excluding steroid dienone is 5. The third-order valence-electron chi connectivity index (χ3n) is 14.4. The van der Waals surface area contributed by atoms with Gasteiger partial charge in [0.2, 0.25) is 5.91 Å². The van der Waals surface area contributed by atoms with E-state index in [-0.39, 0.29) is 18.5 Å². The van der Waals surface area contributed by atoms with Crippen molar-refractivity contribution < 1.29 is 24.5 Å². The molecule has 6 nitrogen and oxygen atoms in total. The predicted molar refractivity (Wildman–Crippen MR) is 306 cm³/mol. The molecule has 0 aromatic carbocycles. The number of ether oxygens (including phenoxy) is 1. The minimum Gasteiger partial charge on any atom is -0.466 e. The topological polar surface area (TPSA) is 95.9 Å². The second kappa shape index (κ2) is 59.6. The Morgan fingerprint density at radius 1 is 0.400 bits per heavy atom. The molecule has 2 atom stereocenters. The first-order chi connectivity index (χ1) is 34.5. The molecule has 1 amide bonds. The van der Waals surface area contributed by atoms with Crippen molar-refractivity contribution in [2.75, 3.05) is 13.2 Å². The van der Waals surface area contributed by atoms with Gasteiger partial charge in [-0.1, -0.05) is 301 Å². The largest absolute Gasteiger partial charge is 0.466 e. The minimum absolute atomic E-state index is 0.00137. The Bertz CT molecular complexity index is 1130. The number of rotatable bonds is 58. The van der Waals surface area contributed by atoms with E-state index in [1.165, 1.54) is 257 Å². The zero-order chi connectivity index (χ0) is 50.7. The molecule has 0 radical (unpaired) electrons. The van der Waals surface area contributed by atoms with Gasteiger partial charge in [-0.3, -0.25) is 9.59 Å². The summed E-state index contributed by atoms with van der Waals surface area (Å²) in [7, 11) is 0. The number of aliphatic hydroxyl groups is 2. The molecule has 0 saturated heterocycles. The van der Waals surface area contributed by atoms with E-state index in [0.29, 0.717) is 19.4 Å². The molecule has 70 heavy (non-hydrogen) atoms. The fourth-order valence-corrected chi connectivity index (χ4v) is 9.61. The first kappa shape index (κ1) is 68.1. The molecule has 2 unspecified atom stereocenters. The third kappa shape index (κ3) is 55.4. The smallest absolute Gasteiger partial charge is 0.305 e. The van der Waals surface area contributed by atoms with Gasteiger partial charge >= 0.3 is 5.97 Å². The average Bonchev–Trinajstić information content (AvgIpc) is 3.36.